The molecule has 4 nitrogen and oxygen atoms in total. The maximum atomic E-state index is 3.89. The highest BCUT2D eigenvalue weighted by molar-refractivity contribution is 7.07. The van der Waals surface area contributed by atoms with Crippen LogP contribution in [0.5, 0.6) is 0 Å². The van der Waals surface area contributed by atoms with Crippen LogP contribution < -0.4 is 5.32 Å². The van der Waals surface area contributed by atoms with E-state index in [1.165, 1.54) is 5.56 Å². The molecule has 1 atom stereocenters. The Morgan fingerprint density at radius 2 is 2.47 bits per heavy atom. The van der Waals surface area contributed by atoms with Crippen LogP contribution in [-0.2, 0) is 13.6 Å². The lowest BCUT2D eigenvalue weighted by molar-refractivity contribution is 0.547. The minimum atomic E-state index is 0.367. The van der Waals surface area contributed by atoms with E-state index in [4.69, 9.17) is 0 Å². The number of rotatable bonds is 4. The fourth-order valence-corrected chi connectivity index (χ4v) is 2.12. The zero-order valence-electron chi connectivity index (χ0n) is 8.84. The Morgan fingerprint density at radius 1 is 1.60 bits per heavy atom. The lowest BCUT2D eigenvalue weighted by atomic mass is 10.2. The van der Waals surface area contributed by atoms with Gasteiger partial charge in [-0.25, -0.2) is 0 Å². The number of nitrogens with one attached hydrogen (secondary N) is 1. The predicted octanol–water partition coefficient (Wildman–Crippen LogP) is 1.73. The number of hydrogen-bond donors (Lipinski definition) is 1. The molecule has 15 heavy (non-hydrogen) atoms. The Hall–Kier alpha value is -1.20. The molecule has 5 heteroatoms. The third-order valence-electron chi connectivity index (χ3n) is 2.44. The van der Waals surface area contributed by atoms with E-state index >= 15 is 0 Å². The summed E-state index contributed by atoms with van der Waals surface area (Å²) in [5.74, 6) is 0. The molecule has 0 bridgehead atoms. The van der Waals surface area contributed by atoms with Gasteiger partial charge in [0.15, 0.2) is 0 Å². The first-order valence-corrected chi connectivity index (χ1v) is 5.80. The van der Waals surface area contributed by atoms with Crippen molar-refractivity contribution in [3.63, 3.8) is 0 Å². The Balaban J connectivity index is 1.91. The van der Waals surface area contributed by atoms with Gasteiger partial charge in [-0.15, -0.1) is 5.10 Å². The van der Waals surface area contributed by atoms with Gasteiger partial charge in [-0.05, 0) is 29.3 Å². The summed E-state index contributed by atoms with van der Waals surface area (Å²) in [6, 6.07) is 2.51. The average Bonchev–Trinajstić information content (AvgIpc) is 2.85. The molecule has 2 aromatic rings. The Bertz CT molecular complexity index is 407. The summed E-state index contributed by atoms with van der Waals surface area (Å²) < 4.78 is 1.79. The lowest BCUT2D eigenvalue weighted by Gasteiger charge is -2.11. The van der Waals surface area contributed by atoms with E-state index < -0.39 is 0 Å². The number of thiophene rings is 1. The topological polar surface area (TPSA) is 42.7 Å². The van der Waals surface area contributed by atoms with Crippen LogP contribution in [0.3, 0.4) is 0 Å². The molecule has 0 saturated heterocycles. The van der Waals surface area contributed by atoms with Crippen LogP contribution in [0.4, 0.5) is 0 Å². The molecule has 80 valence electrons. The van der Waals surface area contributed by atoms with Crippen molar-refractivity contribution in [3.8, 4) is 0 Å². The fraction of sp³-hybridized carbons (Fsp3) is 0.400. The number of hydrogen-bond acceptors (Lipinski definition) is 4. The molecule has 0 aliphatic heterocycles. The Morgan fingerprint density at radius 3 is 3.07 bits per heavy atom. The first kappa shape index (κ1) is 10.3. The summed E-state index contributed by atoms with van der Waals surface area (Å²) in [4.78, 5) is 0. The maximum absolute atomic E-state index is 3.89. The number of aryl methyl sites for hydroxylation is 1. The monoisotopic (exact) mass is 222 g/mol. The van der Waals surface area contributed by atoms with Gasteiger partial charge in [-0.1, -0.05) is 5.21 Å². The van der Waals surface area contributed by atoms with Gasteiger partial charge >= 0.3 is 0 Å². The van der Waals surface area contributed by atoms with Crippen molar-refractivity contribution >= 4 is 11.3 Å². The molecule has 0 saturated carbocycles. The lowest BCUT2D eigenvalue weighted by Crippen LogP contribution is -2.19. The Labute approximate surface area is 92.9 Å². The van der Waals surface area contributed by atoms with Crippen LogP contribution in [0, 0.1) is 0 Å². The molecule has 0 aliphatic carbocycles. The van der Waals surface area contributed by atoms with Crippen LogP contribution in [0.15, 0.2) is 23.0 Å². The predicted molar refractivity (Wildman–Crippen MR) is 60.6 cm³/mol. The van der Waals surface area contributed by atoms with Crippen molar-refractivity contribution in [1.29, 1.82) is 0 Å². The molecule has 0 radical (unpaired) electrons. The van der Waals surface area contributed by atoms with Crippen LogP contribution in [0.25, 0.3) is 0 Å². The SMILES string of the molecule is CC(NCc1cnnn1C)c1ccsc1. The first-order chi connectivity index (χ1) is 7.27. The quantitative estimate of drug-likeness (QED) is 0.856. The molecule has 1 N–H and O–H groups in total. The largest absolute Gasteiger partial charge is 0.304 e. The summed E-state index contributed by atoms with van der Waals surface area (Å²) in [5, 5.41) is 15.4. The minimum Gasteiger partial charge on any atom is -0.304 e. The molecule has 0 aliphatic rings. The average molecular weight is 222 g/mol. The molecule has 0 spiro atoms. The van der Waals surface area contributed by atoms with Gasteiger partial charge in [0.25, 0.3) is 0 Å². The minimum absolute atomic E-state index is 0.367. The van der Waals surface area contributed by atoms with Gasteiger partial charge < -0.3 is 5.32 Å². The summed E-state index contributed by atoms with van der Waals surface area (Å²) in [5.41, 5.74) is 2.42. The molecule has 2 aromatic heterocycles. The maximum Gasteiger partial charge on any atom is 0.0738 e. The van der Waals surface area contributed by atoms with Crippen molar-refractivity contribution in [1.82, 2.24) is 20.3 Å². The Kier molecular flexibility index (Phi) is 3.13. The third kappa shape index (κ3) is 2.43. The summed E-state index contributed by atoms with van der Waals surface area (Å²) in [6.07, 6.45) is 1.79. The fourth-order valence-electron chi connectivity index (χ4n) is 1.37. The van der Waals surface area contributed by atoms with E-state index in [0.717, 1.165) is 12.2 Å². The zero-order valence-corrected chi connectivity index (χ0v) is 9.66. The smallest absolute Gasteiger partial charge is 0.0738 e. The molecule has 0 amide bonds. The highest BCUT2D eigenvalue weighted by atomic mass is 32.1. The third-order valence-corrected chi connectivity index (χ3v) is 3.14. The van der Waals surface area contributed by atoms with Gasteiger partial charge in [0, 0.05) is 19.6 Å². The first-order valence-electron chi connectivity index (χ1n) is 4.86. The molecule has 0 fully saturated rings. The van der Waals surface area contributed by atoms with Crippen molar-refractivity contribution in [3.05, 3.63) is 34.3 Å². The van der Waals surface area contributed by atoms with E-state index in [1.54, 1.807) is 22.2 Å². The van der Waals surface area contributed by atoms with Gasteiger partial charge in [0.2, 0.25) is 0 Å². The van der Waals surface area contributed by atoms with Gasteiger partial charge in [-0.2, -0.15) is 11.3 Å². The van der Waals surface area contributed by atoms with Crippen LogP contribution in [0.2, 0.25) is 0 Å². The highest BCUT2D eigenvalue weighted by Gasteiger charge is 2.06. The van der Waals surface area contributed by atoms with E-state index in [-0.39, 0.29) is 0 Å². The molecule has 2 rings (SSSR count). The van der Waals surface area contributed by atoms with E-state index in [2.05, 4.69) is 39.4 Å². The van der Waals surface area contributed by atoms with Crippen molar-refractivity contribution in [2.75, 3.05) is 0 Å². The summed E-state index contributed by atoms with van der Waals surface area (Å²) in [7, 11) is 1.90. The van der Waals surface area contributed by atoms with Gasteiger partial charge in [0.05, 0.1) is 11.9 Å². The highest BCUT2D eigenvalue weighted by Crippen LogP contribution is 2.15. The second-order valence-electron chi connectivity index (χ2n) is 3.51. The summed E-state index contributed by atoms with van der Waals surface area (Å²) >= 11 is 1.72. The second kappa shape index (κ2) is 4.55. The summed E-state index contributed by atoms with van der Waals surface area (Å²) in [6.45, 7) is 2.95. The molecule has 2 heterocycles. The number of aromatic nitrogens is 3. The van der Waals surface area contributed by atoms with Gasteiger partial charge in [0.1, 0.15) is 0 Å². The van der Waals surface area contributed by atoms with Crippen LogP contribution in [-0.4, -0.2) is 15.0 Å². The molecule has 1 unspecified atom stereocenters. The van der Waals surface area contributed by atoms with E-state index in [0.29, 0.717) is 6.04 Å². The standard InChI is InChI=1S/C10H14N4S/c1-8(9-3-4-15-7-9)11-5-10-6-12-13-14(10)2/h3-4,6-8,11H,5H2,1-2H3. The van der Waals surface area contributed by atoms with Crippen molar-refractivity contribution in [2.24, 2.45) is 7.05 Å². The second-order valence-corrected chi connectivity index (χ2v) is 4.29. The van der Waals surface area contributed by atoms with Crippen molar-refractivity contribution < 1.29 is 0 Å². The zero-order chi connectivity index (χ0) is 10.7. The normalized spacial score (nSPS) is 12.9. The molecule has 0 aromatic carbocycles. The van der Waals surface area contributed by atoms with Gasteiger partial charge in [-0.3, -0.25) is 4.68 Å². The molecular formula is C10H14N4S. The van der Waals surface area contributed by atoms with E-state index in [9.17, 15) is 0 Å². The number of nitrogens with zero attached hydrogens (tertiary/aromatic N) is 3. The van der Waals surface area contributed by atoms with E-state index in [1.807, 2.05) is 7.05 Å². The van der Waals surface area contributed by atoms with Crippen molar-refractivity contribution in [2.45, 2.75) is 19.5 Å². The molecular weight excluding hydrogens is 208 g/mol. The van der Waals surface area contributed by atoms with Crippen LogP contribution >= 0.6 is 11.3 Å². The van der Waals surface area contributed by atoms with Crippen LogP contribution in [0.1, 0.15) is 24.2 Å².